The Balaban J connectivity index is 2.02. The number of hydrogen-bond acceptors (Lipinski definition) is 0. The molecule has 0 fully saturated rings. The molecule has 0 amide bonds. The zero-order valence-corrected chi connectivity index (χ0v) is 15.2. The first kappa shape index (κ1) is 20.5. The van der Waals surface area contributed by atoms with Crippen molar-refractivity contribution in [2.24, 2.45) is 0 Å². The summed E-state index contributed by atoms with van der Waals surface area (Å²) in [5.74, 6) is -3.63. The van der Waals surface area contributed by atoms with Crippen LogP contribution in [0, 0.1) is 46.7 Å². The summed E-state index contributed by atoms with van der Waals surface area (Å²) < 4.78 is 83.9. The highest BCUT2D eigenvalue weighted by atomic mass is 19.2. The molecule has 0 N–H and O–H groups in total. The lowest BCUT2D eigenvalue weighted by Crippen LogP contribution is -2.07. The summed E-state index contributed by atoms with van der Waals surface area (Å²) in [6.07, 6.45) is 3.31. The third-order valence-electron chi connectivity index (χ3n) is 4.39. The van der Waals surface area contributed by atoms with Crippen LogP contribution in [-0.4, -0.2) is 0 Å². The van der Waals surface area contributed by atoms with E-state index in [1.54, 1.807) is 19.1 Å². The van der Waals surface area contributed by atoms with E-state index in [2.05, 4.69) is 11.8 Å². The highest BCUT2D eigenvalue weighted by Crippen LogP contribution is 2.25. The van der Waals surface area contributed by atoms with Gasteiger partial charge in [0.25, 0.3) is 0 Å². The Labute approximate surface area is 163 Å². The molecule has 0 bridgehead atoms. The Morgan fingerprint density at radius 1 is 0.793 bits per heavy atom. The monoisotopic (exact) mass is 404 g/mol. The van der Waals surface area contributed by atoms with Gasteiger partial charge in [-0.2, -0.15) is 0 Å². The van der Waals surface area contributed by atoms with Gasteiger partial charge in [-0.05, 0) is 43.4 Å². The van der Waals surface area contributed by atoms with Gasteiger partial charge in [0.1, 0.15) is 5.56 Å². The Morgan fingerprint density at radius 2 is 1.48 bits per heavy atom. The molecule has 0 nitrogen and oxygen atoms in total. The van der Waals surface area contributed by atoms with Crippen molar-refractivity contribution in [1.82, 2.24) is 0 Å². The summed E-state index contributed by atoms with van der Waals surface area (Å²) >= 11 is 0. The molecule has 0 aliphatic heterocycles. The van der Waals surface area contributed by atoms with Crippen molar-refractivity contribution in [3.8, 4) is 11.8 Å². The Hall–Kier alpha value is -3.20. The molecule has 0 radical (unpaired) electrons. The summed E-state index contributed by atoms with van der Waals surface area (Å²) in [6.45, 7) is 1.71. The molecule has 6 heteroatoms. The van der Waals surface area contributed by atoms with Crippen molar-refractivity contribution < 1.29 is 26.3 Å². The second-order valence-corrected chi connectivity index (χ2v) is 6.26. The highest BCUT2D eigenvalue weighted by Gasteiger charge is 2.24. The predicted molar refractivity (Wildman–Crippen MR) is 99.3 cm³/mol. The second-order valence-electron chi connectivity index (χ2n) is 6.26. The third-order valence-corrected chi connectivity index (χ3v) is 4.39. The molecule has 0 heterocycles. The first-order chi connectivity index (χ1) is 13.8. The largest absolute Gasteiger partial charge is 0.204 e. The van der Waals surface area contributed by atoms with E-state index in [9.17, 15) is 26.3 Å². The fourth-order valence-electron chi connectivity index (χ4n) is 2.88. The van der Waals surface area contributed by atoms with Crippen LogP contribution in [0.25, 0.3) is 10.8 Å². The van der Waals surface area contributed by atoms with Crippen LogP contribution in [0.3, 0.4) is 0 Å². The third kappa shape index (κ3) is 4.00. The van der Waals surface area contributed by atoms with E-state index >= 15 is 0 Å². The topological polar surface area (TPSA) is 0 Å². The maximum absolute atomic E-state index is 14.3. The summed E-state index contributed by atoms with van der Waals surface area (Å²) in [7, 11) is 0. The van der Waals surface area contributed by atoms with Crippen LogP contribution in [0.1, 0.15) is 30.0 Å². The smallest absolute Gasteiger partial charge is 0.177 e. The molecule has 3 aromatic carbocycles. The average molecular weight is 404 g/mol. The van der Waals surface area contributed by atoms with Gasteiger partial charge in [0.15, 0.2) is 34.9 Å². The Morgan fingerprint density at radius 3 is 2.14 bits per heavy atom. The van der Waals surface area contributed by atoms with Gasteiger partial charge in [-0.1, -0.05) is 36.1 Å². The maximum atomic E-state index is 14.3. The molecule has 0 aromatic heterocycles. The van der Waals surface area contributed by atoms with Crippen molar-refractivity contribution in [2.45, 2.75) is 19.8 Å². The molecular weight excluding hydrogens is 390 g/mol. The number of hydrogen-bond donors (Lipinski definition) is 0. The van der Waals surface area contributed by atoms with E-state index in [0.29, 0.717) is 5.39 Å². The van der Waals surface area contributed by atoms with Crippen molar-refractivity contribution in [1.29, 1.82) is 0 Å². The zero-order chi connectivity index (χ0) is 21.1. The normalized spacial score (nSPS) is 11.1. The average Bonchev–Trinajstić information content (AvgIpc) is 2.72. The summed E-state index contributed by atoms with van der Waals surface area (Å²) in [5, 5.41) is 0.323. The minimum atomic E-state index is -1.57. The fraction of sp³-hybridized carbons (Fsp3) is 0.130. The molecule has 0 atom stereocenters. The molecule has 0 unspecified atom stereocenters. The van der Waals surface area contributed by atoms with Gasteiger partial charge >= 0.3 is 0 Å². The lowest BCUT2D eigenvalue weighted by Gasteiger charge is -2.08. The minimum Gasteiger partial charge on any atom is -0.204 e. The lowest BCUT2D eigenvalue weighted by atomic mass is 10.0. The van der Waals surface area contributed by atoms with Gasteiger partial charge < -0.3 is 0 Å². The van der Waals surface area contributed by atoms with Crippen LogP contribution < -0.4 is 0 Å². The standard InChI is InChI=1S/C23H14F6/c1-2-3-4-5-16-20(26)22(28)17(23(29)21(16)27)10-7-13-6-9-15-14(12-13)8-11-18(24)19(15)25/h2-3,6,8-9,11-12H,4-5H2,1H3/b3-2+. The second kappa shape index (κ2) is 8.44. The molecule has 0 spiro atoms. The molecule has 3 aromatic rings. The maximum Gasteiger partial charge on any atom is 0.177 e. The molecule has 0 saturated carbocycles. The van der Waals surface area contributed by atoms with Crippen LogP contribution in [0.15, 0.2) is 42.5 Å². The minimum absolute atomic E-state index is 0.00971. The molecule has 29 heavy (non-hydrogen) atoms. The van der Waals surface area contributed by atoms with Crippen LogP contribution in [0.2, 0.25) is 0 Å². The van der Waals surface area contributed by atoms with Gasteiger partial charge in [-0.15, -0.1) is 0 Å². The van der Waals surface area contributed by atoms with Gasteiger partial charge in [-0.25, -0.2) is 26.3 Å². The van der Waals surface area contributed by atoms with E-state index in [-0.39, 0.29) is 23.8 Å². The van der Waals surface area contributed by atoms with Crippen molar-refractivity contribution in [3.63, 3.8) is 0 Å². The first-order valence-corrected chi connectivity index (χ1v) is 8.71. The Bertz CT molecular complexity index is 1150. The number of allylic oxidation sites excluding steroid dienone is 2. The molecule has 0 aliphatic rings. The molecular formula is C23H14F6. The lowest BCUT2D eigenvalue weighted by molar-refractivity contribution is 0.436. The summed E-state index contributed by atoms with van der Waals surface area (Å²) in [5.41, 5.74) is -1.49. The van der Waals surface area contributed by atoms with Crippen molar-refractivity contribution >= 4 is 10.8 Å². The molecule has 3 rings (SSSR count). The Kier molecular flexibility index (Phi) is 5.97. The molecule has 0 saturated heterocycles. The van der Waals surface area contributed by atoms with Gasteiger partial charge in [0.2, 0.25) is 0 Å². The predicted octanol–water partition coefficient (Wildman–Crippen LogP) is 6.58. The molecule has 148 valence electrons. The van der Waals surface area contributed by atoms with Crippen LogP contribution >= 0.6 is 0 Å². The van der Waals surface area contributed by atoms with E-state index in [0.717, 1.165) is 6.07 Å². The number of rotatable bonds is 3. The number of fused-ring (bicyclic) bond motifs is 1. The van der Waals surface area contributed by atoms with E-state index in [1.807, 2.05) is 0 Å². The highest BCUT2D eigenvalue weighted by molar-refractivity contribution is 5.84. The fourth-order valence-corrected chi connectivity index (χ4v) is 2.88. The first-order valence-electron chi connectivity index (χ1n) is 8.71. The number of benzene rings is 3. The van der Waals surface area contributed by atoms with Crippen molar-refractivity contribution in [3.05, 3.63) is 94.1 Å². The van der Waals surface area contributed by atoms with Gasteiger partial charge in [0, 0.05) is 16.5 Å². The van der Waals surface area contributed by atoms with Gasteiger partial charge in [-0.3, -0.25) is 0 Å². The van der Waals surface area contributed by atoms with Crippen LogP contribution in [0.5, 0.6) is 0 Å². The van der Waals surface area contributed by atoms with Crippen LogP contribution in [-0.2, 0) is 6.42 Å². The van der Waals surface area contributed by atoms with E-state index in [4.69, 9.17) is 0 Å². The van der Waals surface area contributed by atoms with Crippen molar-refractivity contribution in [2.75, 3.05) is 0 Å². The molecule has 0 aliphatic carbocycles. The number of halogens is 6. The van der Waals surface area contributed by atoms with E-state index < -0.39 is 46.0 Å². The quantitative estimate of drug-likeness (QED) is 0.200. The summed E-state index contributed by atoms with van der Waals surface area (Å²) in [6, 6.07) is 6.20. The SMILES string of the molecule is C/C=C/CCc1c(F)c(F)c(C#Cc2ccc3c(F)c(F)ccc3c2)c(F)c1F. The van der Waals surface area contributed by atoms with Crippen LogP contribution in [0.4, 0.5) is 26.3 Å². The zero-order valence-electron chi connectivity index (χ0n) is 15.2. The van der Waals surface area contributed by atoms with Gasteiger partial charge in [0.05, 0.1) is 0 Å². The summed E-state index contributed by atoms with van der Waals surface area (Å²) in [4.78, 5) is 0. The van der Waals surface area contributed by atoms with E-state index in [1.165, 1.54) is 24.3 Å².